The molecule has 0 bridgehead atoms. The van der Waals surface area contributed by atoms with Gasteiger partial charge in [-0.2, -0.15) is 4.52 Å². The number of fused-ring (bicyclic) bond motifs is 2. The topological polar surface area (TPSA) is 55.1 Å². The molecule has 0 aliphatic carbocycles. The maximum atomic E-state index is 14.2. The van der Waals surface area contributed by atoms with Gasteiger partial charge >= 0.3 is 0 Å². The fraction of sp³-hybridized carbons (Fsp3) is 0.150. The zero-order valence-electron chi connectivity index (χ0n) is 14.6. The Morgan fingerprint density at radius 1 is 1.04 bits per heavy atom. The summed E-state index contributed by atoms with van der Waals surface area (Å²) in [6.45, 7) is 0. The van der Waals surface area contributed by atoms with Crippen molar-refractivity contribution in [2.75, 3.05) is 11.1 Å². The Hall–Kier alpha value is -3.00. The van der Waals surface area contributed by atoms with E-state index in [0.717, 1.165) is 22.6 Å². The molecule has 1 unspecified atom stereocenters. The van der Waals surface area contributed by atoms with Gasteiger partial charge in [0.15, 0.2) is 11.5 Å². The van der Waals surface area contributed by atoms with Crippen molar-refractivity contribution in [3.63, 3.8) is 0 Å². The Kier molecular flexibility index (Phi) is 4.20. The maximum absolute atomic E-state index is 14.2. The number of halogens is 2. The summed E-state index contributed by atoms with van der Waals surface area (Å²) < 4.78 is 29.5. The van der Waals surface area contributed by atoms with Crippen LogP contribution in [-0.2, 0) is 0 Å². The van der Waals surface area contributed by atoms with Gasteiger partial charge in [0.2, 0.25) is 0 Å². The molecule has 0 spiro atoms. The van der Waals surface area contributed by atoms with E-state index in [4.69, 9.17) is 0 Å². The molecule has 0 radical (unpaired) electrons. The molecular formula is C20H15F2N5S. The number of benzene rings is 2. The van der Waals surface area contributed by atoms with Crippen molar-refractivity contribution in [3.8, 4) is 11.4 Å². The number of rotatable bonds is 3. The van der Waals surface area contributed by atoms with Crippen LogP contribution in [0.4, 0.5) is 14.6 Å². The summed E-state index contributed by atoms with van der Waals surface area (Å²) in [6, 6.07) is 14.8. The fourth-order valence-corrected chi connectivity index (χ4v) is 4.48. The van der Waals surface area contributed by atoms with Gasteiger partial charge in [-0.15, -0.1) is 27.1 Å². The lowest BCUT2D eigenvalue weighted by Gasteiger charge is -2.26. The minimum atomic E-state index is -0.384. The standard InChI is InChI=1S/C20H15F2N5S/c21-12-5-6-17-14(11-12)16(9-10-28-17)23-18-7-8-19-24-25-20(27(19)26-18)13-3-1-2-4-15(13)22/h1-8,11,16H,9-10H2,(H,23,26). The molecule has 1 aliphatic rings. The van der Waals surface area contributed by atoms with Gasteiger partial charge in [0.1, 0.15) is 17.5 Å². The zero-order valence-corrected chi connectivity index (χ0v) is 15.5. The molecule has 1 aliphatic heterocycles. The number of thioether (sulfide) groups is 1. The molecule has 0 amide bonds. The van der Waals surface area contributed by atoms with Gasteiger partial charge in [0.25, 0.3) is 0 Å². The SMILES string of the molecule is Fc1ccc2c(c1)C(Nc1ccc3nnc(-c4ccccc4F)n3n1)CCS2. The Morgan fingerprint density at radius 3 is 2.82 bits per heavy atom. The predicted octanol–water partition coefficient (Wildman–Crippen LogP) is 4.72. The maximum Gasteiger partial charge on any atom is 0.188 e. The van der Waals surface area contributed by atoms with Gasteiger partial charge in [-0.05, 0) is 54.4 Å². The van der Waals surface area contributed by atoms with Crippen molar-refractivity contribution in [1.82, 2.24) is 19.8 Å². The van der Waals surface area contributed by atoms with Crippen molar-refractivity contribution < 1.29 is 8.78 Å². The second kappa shape index (κ2) is 6.87. The molecule has 0 saturated carbocycles. The van der Waals surface area contributed by atoms with Crippen LogP contribution < -0.4 is 5.32 Å². The molecule has 5 rings (SSSR count). The Labute approximate surface area is 163 Å². The average molecular weight is 395 g/mol. The van der Waals surface area contributed by atoms with Gasteiger partial charge in [-0.3, -0.25) is 0 Å². The molecule has 1 atom stereocenters. The fourth-order valence-electron chi connectivity index (χ4n) is 3.37. The lowest BCUT2D eigenvalue weighted by molar-refractivity contribution is 0.615. The highest BCUT2D eigenvalue weighted by atomic mass is 32.2. The molecule has 4 aromatic rings. The van der Waals surface area contributed by atoms with E-state index in [1.165, 1.54) is 16.6 Å². The van der Waals surface area contributed by atoms with E-state index in [0.29, 0.717) is 22.9 Å². The van der Waals surface area contributed by atoms with Gasteiger partial charge in [0.05, 0.1) is 11.6 Å². The second-order valence-electron chi connectivity index (χ2n) is 6.51. The van der Waals surface area contributed by atoms with E-state index >= 15 is 0 Å². The van der Waals surface area contributed by atoms with Gasteiger partial charge in [0, 0.05) is 10.6 Å². The highest BCUT2D eigenvalue weighted by Crippen LogP contribution is 2.38. The van der Waals surface area contributed by atoms with E-state index in [1.807, 2.05) is 6.07 Å². The van der Waals surface area contributed by atoms with Crippen molar-refractivity contribution in [2.45, 2.75) is 17.4 Å². The first-order valence-electron chi connectivity index (χ1n) is 8.85. The summed E-state index contributed by atoms with van der Waals surface area (Å²) >= 11 is 1.72. The molecule has 28 heavy (non-hydrogen) atoms. The van der Waals surface area contributed by atoms with Crippen LogP contribution in [0.3, 0.4) is 0 Å². The predicted molar refractivity (Wildman–Crippen MR) is 104 cm³/mol. The summed E-state index contributed by atoms with van der Waals surface area (Å²) in [5.74, 6) is 1.23. The molecule has 140 valence electrons. The number of aromatic nitrogens is 4. The van der Waals surface area contributed by atoms with Crippen LogP contribution >= 0.6 is 11.8 Å². The molecule has 5 nitrogen and oxygen atoms in total. The van der Waals surface area contributed by atoms with Crippen LogP contribution in [0.15, 0.2) is 59.5 Å². The first kappa shape index (κ1) is 17.1. The third-order valence-corrected chi connectivity index (χ3v) is 5.83. The molecule has 2 aromatic carbocycles. The second-order valence-corrected chi connectivity index (χ2v) is 7.64. The van der Waals surface area contributed by atoms with E-state index in [1.54, 1.807) is 48.2 Å². The van der Waals surface area contributed by atoms with Gasteiger partial charge < -0.3 is 5.32 Å². The minimum Gasteiger partial charge on any atom is -0.362 e. The van der Waals surface area contributed by atoms with Crippen molar-refractivity contribution in [2.24, 2.45) is 0 Å². The Bertz CT molecular complexity index is 1180. The smallest absolute Gasteiger partial charge is 0.188 e. The summed E-state index contributed by atoms with van der Waals surface area (Å²) in [7, 11) is 0. The lowest BCUT2D eigenvalue weighted by Crippen LogP contribution is -2.17. The monoisotopic (exact) mass is 395 g/mol. The third-order valence-electron chi connectivity index (χ3n) is 4.71. The largest absolute Gasteiger partial charge is 0.362 e. The summed E-state index contributed by atoms with van der Waals surface area (Å²) in [5, 5.41) is 16.1. The van der Waals surface area contributed by atoms with Crippen molar-refractivity contribution in [1.29, 1.82) is 0 Å². The van der Waals surface area contributed by atoms with Crippen molar-refractivity contribution in [3.05, 3.63) is 71.8 Å². The molecule has 0 saturated heterocycles. The number of nitrogens with zero attached hydrogens (tertiary/aromatic N) is 4. The lowest BCUT2D eigenvalue weighted by atomic mass is 10.0. The van der Waals surface area contributed by atoms with E-state index in [2.05, 4.69) is 20.6 Å². The molecule has 1 N–H and O–H groups in total. The normalized spacial score (nSPS) is 16.1. The Morgan fingerprint density at radius 2 is 1.93 bits per heavy atom. The highest BCUT2D eigenvalue weighted by molar-refractivity contribution is 7.99. The van der Waals surface area contributed by atoms with Crippen LogP contribution in [0.5, 0.6) is 0 Å². The van der Waals surface area contributed by atoms with Crippen LogP contribution in [0, 0.1) is 11.6 Å². The average Bonchev–Trinajstić information content (AvgIpc) is 3.12. The summed E-state index contributed by atoms with van der Waals surface area (Å²) in [4.78, 5) is 1.07. The number of hydrogen-bond acceptors (Lipinski definition) is 5. The van der Waals surface area contributed by atoms with Crippen LogP contribution in [0.25, 0.3) is 17.0 Å². The van der Waals surface area contributed by atoms with Crippen molar-refractivity contribution >= 4 is 23.2 Å². The Balaban J connectivity index is 1.53. The molecule has 3 heterocycles. The van der Waals surface area contributed by atoms with E-state index < -0.39 is 0 Å². The number of nitrogens with one attached hydrogen (secondary N) is 1. The first-order valence-corrected chi connectivity index (χ1v) is 9.84. The highest BCUT2D eigenvalue weighted by Gasteiger charge is 2.22. The molecule has 8 heteroatoms. The van der Waals surface area contributed by atoms with Crippen LogP contribution in [-0.4, -0.2) is 25.6 Å². The van der Waals surface area contributed by atoms with Gasteiger partial charge in [-0.1, -0.05) is 12.1 Å². The number of hydrogen-bond donors (Lipinski definition) is 1. The van der Waals surface area contributed by atoms with E-state index in [9.17, 15) is 8.78 Å². The van der Waals surface area contributed by atoms with Crippen LogP contribution in [0.2, 0.25) is 0 Å². The minimum absolute atomic E-state index is 0.0507. The third kappa shape index (κ3) is 2.99. The number of anilines is 1. The van der Waals surface area contributed by atoms with E-state index in [-0.39, 0.29) is 17.7 Å². The zero-order chi connectivity index (χ0) is 19.1. The quantitative estimate of drug-likeness (QED) is 0.544. The summed E-state index contributed by atoms with van der Waals surface area (Å²) in [5.41, 5.74) is 1.78. The van der Waals surface area contributed by atoms with Gasteiger partial charge in [-0.25, -0.2) is 8.78 Å². The van der Waals surface area contributed by atoms with Crippen LogP contribution in [0.1, 0.15) is 18.0 Å². The molecular weight excluding hydrogens is 380 g/mol. The molecule has 2 aromatic heterocycles. The summed E-state index contributed by atoms with van der Waals surface area (Å²) in [6.07, 6.45) is 0.850. The first-order chi connectivity index (χ1) is 13.7. The molecule has 0 fully saturated rings.